The molecule has 25 heavy (non-hydrogen) atoms. The maximum absolute atomic E-state index is 12.8. The van der Waals surface area contributed by atoms with E-state index in [0.29, 0.717) is 5.69 Å². The highest BCUT2D eigenvalue weighted by molar-refractivity contribution is 6.33. The zero-order valence-electron chi connectivity index (χ0n) is 12.9. The Labute approximate surface area is 146 Å². The summed E-state index contributed by atoms with van der Waals surface area (Å²) in [5, 5.41) is 12.9. The third-order valence-electron chi connectivity index (χ3n) is 3.15. The lowest BCUT2D eigenvalue weighted by atomic mass is 10.2. The van der Waals surface area contributed by atoms with E-state index in [1.165, 1.54) is 31.2 Å². The molecule has 1 amide bonds. The van der Waals surface area contributed by atoms with Crippen molar-refractivity contribution in [2.45, 2.75) is 13.0 Å². The smallest absolute Gasteiger partial charge is 0.340 e. The molecule has 1 atom stereocenters. The van der Waals surface area contributed by atoms with Crippen LogP contribution >= 0.6 is 11.6 Å². The van der Waals surface area contributed by atoms with E-state index in [2.05, 4.69) is 5.32 Å². The second-order valence-electron chi connectivity index (χ2n) is 4.96. The molecule has 0 aliphatic carbocycles. The number of nitro benzene ring substituents is 1. The highest BCUT2D eigenvalue weighted by atomic mass is 35.5. The molecule has 2 aromatic carbocycles. The average molecular weight is 367 g/mol. The Morgan fingerprint density at radius 1 is 1.24 bits per heavy atom. The van der Waals surface area contributed by atoms with Crippen LogP contribution in [-0.2, 0) is 9.53 Å². The molecule has 0 saturated carbocycles. The third kappa shape index (κ3) is 4.74. The fraction of sp³-hybridized carbons (Fsp3) is 0.125. The zero-order valence-corrected chi connectivity index (χ0v) is 13.6. The number of carbonyl (C=O) groups excluding carboxylic acids is 2. The minimum absolute atomic E-state index is 0.103. The van der Waals surface area contributed by atoms with Gasteiger partial charge in [-0.25, -0.2) is 9.18 Å². The number of esters is 1. The summed E-state index contributed by atoms with van der Waals surface area (Å²) >= 11 is 5.83. The van der Waals surface area contributed by atoms with Crippen LogP contribution in [0.4, 0.5) is 15.8 Å². The molecule has 130 valence electrons. The standard InChI is InChI=1S/C16H12ClFN2O5/c1-9(15(21)19-11-4-2-10(18)3-5-11)25-16(22)13-7-6-12(20(23)24)8-14(13)17/h2-9H,1H3,(H,19,21). The van der Waals surface area contributed by atoms with Gasteiger partial charge in [0.2, 0.25) is 0 Å². The van der Waals surface area contributed by atoms with Crippen molar-refractivity contribution in [3.05, 3.63) is 69.0 Å². The molecule has 0 spiro atoms. The Kier molecular flexibility index (Phi) is 5.66. The third-order valence-corrected chi connectivity index (χ3v) is 3.46. The van der Waals surface area contributed by atoms with E-state index in [4.69, 9.17) is 16.3 Å². The van der Waals surface area contributed by atoms with Crippen molar-refractivity contribution >= 4 is 34.9 Å². The monoisotopic (exact) mass is 366 g/mol. The number of nitrogens with one attached hydrogen (secondary N) is 1. The van der Waals surface area contributed by atoms with Gasteiger partial charge in [-0.05, 0) is 37.3 Å². The summed E-state index contributed by atoms with van der Waals surface area (Å²) in [5.41, 5.74) is -0.0417. The first-order valence-electron chi connectivity index (χ1n) is 6.99. The molecule has 2 aromatic rings. The van der Waals surface area contributed by atoms with E-state index in [9.17, 15) is 24.1 Å². The van der Waals surface area contributed by atoms with E-state index in [1.54, 1.807) is 0 Å². The lowest BCUT2D eigenvalue weighted by Gasteiger charge is -2.14. The average Bonchev–Trinajstić information content (AvgIpc) is 2.56. The number of carbonyl (C=O) groups is 2. The molecule has 0 saturated heterocycles. The van der Waals surface area contributed by atoms with Gasteiger partial charge < -0.3 is 10.1 Å². The molecule has 2 rings (SSSR count). The Morgan fingerprint density at radius 2 is 1.88 bits per heavy atom. The number of non-ortho nitro benzene ring substituents is 1. The second kappa shape index (κ2) is 7.71. The topological polar surface area (TPSA) is 98.5 Å². The van der Waals surface area contributed by atoms with Crippen LogP contribution in [0.2, 0.25) is 5.02 Å². The predicted molar refractivity (Wildman–Crippen MR) is 88.0 cm³/mol. The molecule has 7 nitrogen and oxygen atoms in total. The fourth-order valence-corrected chi connectivity index (χ4v) is 2.09. The van der Waals surface area contributed by atoms with Crippen LogP contribution in [0.3, 0.4) is 0 Å². The maximum Gasteiger partial charge on any atom is 0.340 e. The molecule has 0 heterocycles. The van der Waals surface area contributed by atoms with Crippen LogP contribution in [0.15, 0.2) is 42.5 Å². The summed E-state index contributed by atoms with van der Waals surface area (Å²) in [6, 6.07) is 8.32. The van der Waals surface area contributed by atoms with E-state index in [1.807, 2.05) is 0 Å². The first-order valence-corrected chi connectivity index (χ1v) is 7.37. The lowest BCUT2D eigenvalue weighted by molar-refractivity contribution is -0.384. The van der Waals surface area contributed by atoms with E-state index < -0.39 is 28.7 Å². The van der Waals surface area contributed by atoms with Gasteiger partial charge >= 0.3 is 5.97 Å². The van der Waals surface area contributed by atoms with Crippen molar-refractivity contribution < 1.29 is 23.6 Å². The molecular weight excluding hydrogens is 355 g/mol. The minimum Gasteiger partial charge on any atom is -0.449 e. The molecule has 0 aliphatic rings. The van der Waals surface area contributed by atoms with E-state index in [-0.39, 0.29) is 16.3 Å². The van der Waals surface area contributed by atoms with E-state index >= 15 is 0 Å². The number of nitro groups is 1. The van der Waals surface area contributed by atoms with Gasteiger partial charge in [0.1, 0.15) is 5.82 Å². The summed E-state index contributed by atoms with van der Waals surface area (Å²) in [4.78, 5) is 34.0. The quantitative estimate of drug-likeness (QED) is 0.495. The highest BCUT2D eigenvalue weighted by Gasteiger charge is 2.22. The Morgan fingerprint density at radius 3 is 2.44 bits per heavy atom. The molecule has 0 bridgehead atoms. The lowest BCUT2D eigenvalue weighted by Crippen LogP contribution is -2.30. The summed E-state index contributed by atoms with van der Waals surface area (Å²) in [5.74, 6) is -1.98. The SMILES string of the molecule is CC(OC(=O)c1ccc([N+](=O)[O-])cc1Cl)C(=O)Nc1ccc(F)cc1. The molecule has 0 radical (unpaired) electrons. The molecule has 1 unspecified atom stereocenters. The van der Waals surface area contributed by atoms with Gasteiger partial charge in [-0.2, -0.15) is 0 Å². The molecule has 1 N–H and O–H groups in total. The van der Waals surface area contributed by atoms with Crippen LogP contribution in [0.25, 0.3) is 0 Å². The van der Waals surface area contributed by atoms with E-state index in [0.717, 1.165) is 18.2 Å². The van der Waals surface area contributed by atoms with Crippen molar-refractivity contribution in [3.8, 4) is 0 Å². The van der Waals surface area contributed by atoms with Crippen molar-refractivity contribution in [3.63, 3.8) is 0 Å². The largest absolute Gasteiger partial charge is 0.449 e. The molecule has 9 heteroatoms. The Balaban J connectivity index is 2.02. The van der Waals surface area contributed by atoms with Crippen LogP contribution < -0.4 is 5.32 Å². The summed E-state index contributed by atoms with van der Waals surface area (Å²) < 4.78 is 17.8. The number of hydrogen-bond acceptors (Lipinski definition) is 5. The number of amides is 1. The second-order valence-corrected chi connectivity index (χ2v) is 5.37. The van der Waals surface area contributed by atoms with Crippen molar-refractivity contribution in [1.82, 2.24) is 0 Å². The van der Waals surface area contributed by atoms with Crippen LogP contribution in [-0.4, -0.2) is 22.9 Å². The molecule has 0 aromatic heterocycles. The molecular formula is C16H12ClFN2O5. The number of halogens is 2. The van der Waals surface area contributed by atoms with Crippen LogP contribution in [0, 0.1) is 15.9 Å². The van der Waals surface area contributed by atoms with Gasteiger partial charge in [0.05, 0.1) is 15.5 Å². The van der Waals surface area contributed by atoms with Crippen molar-refractivity contribution in [2.75, 3.05) is 5.32 Å². The van der Waals surface area contributed by atoms with Gasteiger partial charge in [-0.1, -0.05) is 11.6 Å². The first kappa shape index (κ1) is 18.3. The summed E-state index contributed by atoms with van der Waals surface area (Å²) in [6.07, 6.45) is -1.16. The van der Waals surface area contributed by atoms with Crippen molar-refractivity contribution in [1.29, 1.82) is 0 Å². The van der Waals surface area contributed by atoms with Gasteiger partial charge in [-0.15, -0.1) is 0 Å². The number of ether oxygens (including phenoxy) is 1. The van der Waals surface area contributed by atoms with Crippen LogP contribution in [0.1, 0.15) is 17.3 Å². The van der Waals surface area contributed by atoms with Crippen LogP contribution in [0.5, 0.6) is 0 Å². The Bertz CT molecular complexity index is 826. The number of anilines is 1. The number of benzene rings is 2. The summed E-state index contributed by atoms with van der Waals surface area (Å²) in [6.45, 7) is 1.34. The fourth-order valence-electron chi connectivity index (χ4n) is 1.84. The minimum atomic E-state index is -1.16. The maximum atomic E-state index is 12.8. The van der Waals surface area contributed by atoms with Gasteiger partial charge in [0.25, 0.3) is 11.6 Å². The predicted octanol–water partition coefficient (Wildman–Crippen LogP) is 3.57. The highest BCUT2D eigenvalue weighted by Crippen LogP contribution is 2.23. The molecule has 0 fully saturated rings. The summed E-state index contributed by atoms with van der Waals surface area (Å²) in [7, 11) is 0. The van der Waals surface area contributed by atoms with Gasteiger partial charge in [-0.3, -0.25) is 14.9 Å². The van der Waals surface area contributed by atoms with Crippen molar-refractivity contribution in [2.24, 2.45) is 0 Å². The van der Waals surface area contributed by atoms with Gasteiger partial charge in [0.15, 0.2) is 6.10 Å². The Hall–Kier alpha value is -3.00. The number of rotatable bonds is 5. The number of nitrogens with zero attached hydrogens (tertiary/aromatic N) is 1. The number of hydrogen-bond donors (Lipinski definition) is 1. The molecule has 0 aliphatic heterocycles. The first-order chi connectivity index (χ1) is 11.8. The normalized spacial score (nSPS) is 11.5. The zero-order chi connectivity index (χ0) is 18.6. The van der Waals surface area contributed by atoms with Gasteiger partial charge in [0, 0.05) is 17.8 Å².